The van der Waals surface area contributed by atoms with Crippen LogP contribution < -0.4 is 0 Å². The Balaban J connectivity index is 1.97. The average Bonchev–Trinajstić information content (AvgIpc) is 2.77. The molecular formula is C11H9BrN2O3. The first-order valence-corrected chi connectivity index (χ1v) is 5.74. The van der Waals surface area contributed by atoms with Crippen molar-refractivity contribution in [2.45, 2.75) is 12.8 Å². The van der Waals surface area contributed by atoms with Crippen molar-refractivity contribution < 1.29 is 14.3 Å². The molecule has 0 aliphatic carbocycles. The number of carboxylic acids is 1. The van der Waals surface area contributed by atoms with Crippen LogP contribution in [0.2, 0.25) is 0 Å². The molecule has 1 aromatic heterocycles. The second kappa shape index (κ2) is 5.09. The van der Waals surface area contributed by atoms with E-state index < -0.39 is 5.97 Å². The third-order valence-corrected chi connectivity index (χ3v) is 2.72. The van der Waals surface area contributed by atoms with E-state index in [2.05, 4.69) is 26.1 Å². The predicted octanol–water partition coefficient (Wildman–Crippen LogP) is 2.32. The number of benzene rings is 1. The number of nitrogens with zero attached hydrogens (tertiary/aromatic N) is 2. The Bertz CT molecular complexity index is 522. The molecule has 0 saturated heterocycles. The fourth-order valence-corrected chi connectivity index (χ4v) is 1.61. The summed E-state index contributed by atoms with van der Waals surface area (Å²) < 4.78 is 5.98. The zero-order chi connectivity index (χ0) is 12.3. The van der Waals surface area contributed by atoms with E-state index in [1.807, 2.05) is 24.3 Å². The van der Waals surface area contributed by atoms with Crippen molar-refractivity contribution in [1.82, 2.24) is 10.2 Å². The van der Waals surface area contributed by atoms with Crippen LogP contribution in [0, 0.1) is 0 Å². The van der Waals surface area contributed by atoms with Crippen molar-refractivity contribution in [2.75, 3.05) is 0 Å². The molecule has 0 atom stereocenters. The minimum Gasteiger partial charge on any atom is -0.474 e. The van der Waals surface area contributed by atoms with Gasteiger partial charge in [-0.1, -0.05) is 28.1 Å². The van der Waals surface area contributed by atoms with Gasteiger partial charge in [-0.15, -0.1) is 10.2 Å². The number of hydrogen-bond donors (Lipinski definition) is 1. The molecule has 0 unspecified atom stereocenters. The zero-order valence-electron chi connectivity index (χ0n) is 8.76. The van der Waals surface area contributed by atoms with Crippen LogP contribution in [0.5, 0.6) is 0 Å². The zero-order valence-corrected chi connectivity index (χ0v) is 10.3. The van der Waals surface area contributed by atoms with E-state index in [9.17, 15) is 4.79 Å². The number of halogens is 1. The molecule has 6 heteroatoms. The summed E-state index contributed by atoms with van der Waals surface area (Å²) in [5, 5.41) is 15.7. The molecule has 0 radical (unpaired) electrons. The number of aromatic carboxylic acids is 1. The summed E-state index contributed by atoms with van der Waals surface area (Å²) >= 11 is 3.35. The molecule has 17 heavy (non-hydrogen) atoms. The highest BCUT2D eigenvalue weighted by molar-refractivity contribution is 9.10. The maximum atomic E-state index is 10.5. The first kappa shape index (κ1) is 11.8. The second-order valence-corrected chi connectivity index (χ2v) is 4.35. The van der Waals surface area contributed by atoms with Gasteiger partial charge >= 0.3 is 11.9 Å². The molecule has 2 aromatic rings. The third-order valence-electron chi connectivity index (χ3n) is 2.19. The summed E-state index contributed by atoms with van der Waals surface area (Å²) in [5.41, 5.74) is 1.13. The Morgan fingerprint density at radius 2 is 1.94 bits per heavy atom. The summed E-state index contributed by atoms with van der Waals surface area (Å²) in [6, 6.07) is 7.87. The van der Waals surface area contributed by atoms with Gasteiger partial charge < -0.3 is 9.52 Å². The van der Waals surface area contributed by atoms with Crippen LogP contribution in [0.15, 0.2) is 33.2 Å². The normalized spacial score (nSPS) is 10.4. The monoisotopic (exact) mass is 296 g/mol. The fraction of sp³-hybridized carbons (Fsp3) is 0.182. The van der Waals surface area contributed by atoms with Gasteiger partial charge in [-0.05, 0) is 24.1 Å². The molecule has 88 valence electrons. The molecule has 0 aliphatic rings. The summed E-state index contributed by atoms with van der Waals surface area (Å²) in [6.07, 6.45) is 1.26. The van der Waals surface area contributed by atoms with Gasteiger partial charge in [0.2, 0.25) is 5.89 Å². The molecule has 0 fully saturated rings. The molecule has 1 N–H and O–H groups in total. The van der Waals surface area contributed by atoms with Crippen LogP contribution in [0.1, 0.15) is 22.1 Å². The van der Waals surface area contributed by atoms with E-state index in [4.69, 9.17) is 9.52 Å². The SMILES string of the molecule is O=C(O)c1nnc(CCc2ccc(Br)cc2)o1. The Kier molecular flexibility index (Phi) is 3.53. The molecule has 0 saturated carbocycles. The first-order chi connectivity index (χ1) is 8.15. The highest BCUT2D eigenvalue weighted by atomic mass is 79.9. The molecule has 0 bridgehead atoms. The topological polar surface area (TPSA) is 76.2 Å². The molecule has 2 rings (SSSR count). The first-order valence-electron chi connectivity index (χ1n) is 4.95. The van der Waals surface area contributed by atoms with Crippen molar-refractivity contribution in [3.05, 3.63) is 46.1 Å². The van der Waals surface area contributed by atoms with Gasteiger partial charge in [0.15, 0.2) is 0 Å². The van der Waals surface area contributed by atoms with E-state index in [1.165, 1.54) is 0 Å². The number of hydrogen-bond acceptors (Lipinski definition) is 4. The maximum Gasteiger partial charge on any atom is 0.393 e. The number of rotatable bonds is 4. The number of carboxylic acid groups (broad SMARTS) is 1. The minimum absolute atomic E-state index is 0.338. The number of aromatic nitrogens is 2. The Labute approximate surface area is 106 Å². The highest BCUT2D eigenvalue weighted by Gasteiger charge is 2.12. The van der Waals surface area contributed by atoms with Gasteiger partial charge in [-0.2, -0.15) is 0 Å². The van der Waals surface area contributed by atoms with Crippen LogP contribution >= 0.6 is 15.9 Å². The smallest absolute Gasteiger partial charge is 0.393 e. The number of carbonyl (C=O) groups is 1. The lowest BCUT2D eigenvalue weighted by atomic mass is 10.1. The Morgan fingerprint density at radius 3 is 2.53 bits per heavy atom. The van der Waals surface area contributed by atoms with Crippen molar-refractivity contribution >= 4 is 21.9 Å². The number of aryl methyl sites for hydroxylation is 2. The molecule has 5 nitrogen and oxygen atoms in total. The van der Waals surface area contributed by atoms with E-state index in [-0.39, 0.29) is 5.89 Å². The van der Waals surface area contributed by atoms with Gasteiger partial charge in [-0.3, -0.25) is 0 Å². The summed E-state index contributed by atoms with van der Waals surface area (Å²) in [5.74, 6) is -1.23. The van der Waals surface area contributed by atoms with Crippen LogP contribution in [-0.4, -0.2) is 21.3 Å². The van der Waals surface area contributed by atoms with Crippen LogP contribution in [-0.2, 0) is 12.8 Å². The Hall–Kier alpha value is -1.69. The quantitative estimate of drug-likeness (QED) is 0.937. The molecule has 1 aromatic carbocycles. The molecular weight excluding hydrogens is 288 g/mol. The lowest BCUT2D eigenvalue weighted by Gasteiger charge is -1.98. The largest absolute Gasteiger partial charge is 0.474 e. The lowest BCUT2D eigenvalue weighted by molar-refractivity contribution is 0.0651. The average molecular weight is 297 g/mol. The molecule has 0 spiro atoms. The van der Waals surface area contributed by atoms with E-state index in [0.717, 1.165) is 16.5 Å². The fourth-order valence-electron chi connectivity index (χ4n) is 1.34. The van der Waals surface area contributed by atoms with Crippen molar-refractivity contribution in [3.8, 4) is 0 Å². The summed E-state index contributed by atoms with van der Waals surface area (Å²) in [4.78, 5) is 10.5. The lowest BCUT2D eigenvalue weighted by Crippen LogP contribution is -1.95. The Morgan fingerprint density at radius 1 is 1.24 bits per heavy atom. The molecule has 0 amide bonds. The van der Waals surface area contributed by atoms with Gasteiger partial charge in [0.1, 0.15) is 0 Å². The van der Waals surface area contributed by atoms with Crippen molar-refractivity contribution in [3.63, 3.8) is 0 Å². The predicted molar refractivity (Wildman–Crippen MR) is 62.8 cm³/mol. The van der Waals surface area contributed by atoms with E-state index in [1.54, 1.807) is 0 Å². The summed E-state index contributed by atoms with van der Waals surface area (Å²) in [6.45, 7) is 0. The molecule has 1 heterocycles. The van der Waals surface area contributed by atoms with Crippen LogP contribution in [0.25, 0.3) is 0 Å². The highest BCUT2D eigenvalue weighted by Crippen LogP contribution is 2.12. The van der Waals surface area contributed by atoms with Crippen LogP contribution in [0.4, 0.5) is 0 Å². The second-order valence-electron chi connectivity index (χ2n) is 3.43. The van der Waals surface area contributed by atoms with Crippen molar-refractivity contribution in [2.24, 2.45) is 0 Å². The van der Waals surface area contributed by atoms with Gasteiger partial charge in [0.25, 0.3) is 0 Å². The summed E-state index contributed by atoms with van der Waals surface area (Å²) in [7, 11) is 0. The van der Waals surface area contributed by atoms with E-state index in [0.29, 0.717) is 12.3 Å². The van der Waals surface area contributed by atoms with Crippen molar-refractivity contribution in [1.29, 1.82) is 0 Å². The van der Waals surface area contributed by atoms with Gasteiger partial charge in [0, 0.05) is 10.9 Å². The molecule has 0 aliphatic heterocycles. The van der Waals surface area contributed by atoms with Crippen LogP contribution in [0.3, 0.4) is 0 Å². The maximum absolute atomic E-state index is 10.5. The van der Waals surface area contributed by atoms with E-state index >= 15 is 0 Å². The standard InChI is InChI=1S/C11H9BrN2O3/c12-8-4-1-7(2-5-8)3-6-9-13-14-10(17-9)11(15)16/h1-2,4-5H,3,6H2,(H,15,16). The third kappa shape index (κ3) is 3.13. The van der Waals surface area contributed by atoms with Gasteiger partial charge in [0.05, 0.1) is 0 Å². The minimum atomic E-state index is -1.20. The van der Waals surface area contributed by atoms with Gasteiger partial charge in [-0.25, -0.2) is 4.79 Å².